The van der Waals surface area contributed by atoms with Gasteiger partial charge in [0, 0.05) is 5.02 Å². The van der Waals surface area contributed by atoms with Crippen LogP contribution in [0.3, 0.4) is 0 Å². The second kappa shape index (κ2) is 4.23. The predicted octanol–water partition coefficient (Wildman–Crippen LogP) is 4.91. The zero-order valence-electron chi connectivity index (χ0n) is 9.23. The van der Waals surface area contributed by atoms with E-state index >= 15 is 0 Å². The fraction of sp³-hybridized carbons (Fsp3) is 0. The number of rotatable bonds is 1. The zero-order valence-corrected chi connectivity index (χ0v) is 9.98. The standard InChI is InChI=1S/C16H11Cl/c17-15-9-5-12(6-10-15)11-14-8-7-13-3-1-2-4-16(13)14/h1-11H/b14-11+. The van der Waals surface area contributed by atoms with Crippen LogP contribution in [0.15, 0.2) is 54.6 Å². The Balaban J connectivity index is 2.02. The fourth-order valence-electron chi connectivity index (χ4n) is 2.04. The molecule has 0 amide bonds. The maximum absolute atomic E-state index is 5.87. The van der Waals surface area contributed by atoms with Gasteiger partial charge in [0.2, 0.25) is 0 Å². The second-order valence-electron chi connectivity index (χ2n) is 4.07. The van der Waals surface area contributed by atoms with Gasteiger partial charge in [0.1, 0.15) is 0 Å². The molecule has 17 heavy (non-hydrogen) atoms. The van der Waals surface area contributed by atoms with Crippen molar-refractivity contribution < 1.29 is 0 Å². The second-order valence-corrected chi connectivity index (χ2v) is 4.51. The van der Waals surface area contributed by atoms with E-state index in [1.165, 1.54) is 22.3 Å². The summed E-state index contributed by atoms with van der Waals surface area (Å²) in [5, 5.41) is 0.773. The summed E-state index contributed by atoms with van der Waals surface area (Å²) in [6, 6.07) is 16.3. The zero-order chi connectivity index (χ0) is 11.7. The molecule has 1 heteroatoms. The van der Waals surface area contributed by atoms with Gasteiger partial charge in [0.15, 0.2) is 0 Å². The van der Waals surface area contributed by atoms with Gasteiger partial charge in [-0.1, -0.05) is 60.2 Å². The van der Waals surface area contributed by atoms with Crippen LogP contribution in [-0.4, -0.2) is 0 Å². The van der Waals surface area contributed by atoms with Crippen molar-refractivity contribution >= 4 is 29.3 Å². The number of hydrogen-bond acceptors (Lipinski definition) is 0. The van der Waals surface area contributed by atoms with E-state index in [9.17, 15) is 0 Å². The van der Waals surface area contributed by atoms with Gasteiger partial charge in [-0.3, -0.25) is 0 Å². The summed E-state index contributed by atoms with van der Waals surface area (Å²) in [7, 11) is 0. The van der Waals surface area contributed by atoms with Gasteiger partial charge < -0.3 is 0 Å². The van der Waals surface area contributed by atoms with Crippen LogP contribution in [0.1, 0.15) is 16.7 Å². The molecular weight excluding hydrogens is 228 g/mol. The highest BCUT2D eigenvalue weighted by molar-refractivity contribution is 6.30. The first-order chi connectivity index (χ1) is 8.33. The largest absolute Gasteiger partial charge is 0.0843 e. The number of benzene rings is 2. The third-order valence-corrected chi connectivity index (χ3v) is 3.16. The van der Waals surface area contributed by atoms with E-state index < -0.39 is 0 Å². The molecule has 0 aromatic heterocycles. The first-order valence-electron chi connectivity index (χ1n) is 5.58. The summed E-state index contributed by atoms with van der Waals surface area (Å²) in [6.45, 7) is 0. The van der Waals surface area contributed by atoms with E-state index in [4.69, 9.17) is 11.6 Å². The van der Waals surface area contributed by atoms with Crippen LogP contribution >= 0.6 is 11.6 Å². The lowest BCUT2D eigenvalue weighted by Crippen LogP contribution is -1.80. The summed E-state index contributed by atoms with van der Waals surface area (Å²) in [5.74, 6) is 0. The molecule has 2 aromatic carbocycles. The van der Waals surface area contributed by atoms with Gasteiger partial charge in [-0.2, -0.15) is 0 Å². The van der Waals surface area contributed by atoms with Crippen LogP contribution < -0.4 is 0 Å². The molecule has 0 atom stereocenters. The lowest BCUT2D eigenvalue weighted by atomic mass is 10.0. The molecule has 0 saturated heterocycles. The highest BCUT2D eigenvalue weighted by atomic mass is 35.5. The summed E-state index contributed by atoms with van der Waals surface area (Å²) >= 11 is 5.87. The van der Waals surface area contributed by atoms with Gasteiger partial charge in [0.05, 0.1) is 0 Å². The van der Waals surface area contributed by atoms with Crippen molar-refractivity contribution in [2.45, 2.75) is 0 Å². The topological polar surface area (TPSA) is 0 Å². The molecule has 1 aliphatic rings. The fourth-order valence-corrected chi connectivity index (χ4v) is 2.16. The summed E-state index contributed by atoms with van der Waals surface area (Å²) in [4.78, 5) is 0. The highest BCUT2D eigenvalue weighted by Gasteiger charge is 2.08. The average Bonchev–Trinajstić information content (AvgIpc) is 2.76. The molecule has 0 aliphatic heterocycles. The molecule has 0 radical (unpaired) electrons. The Bertz CT molecular complexity index is 604. The lowest BCUT2D eigenvalue weighted by molar-refractivity contribution is 1.61. The minimum Gasteiger partial charge on any atom is -0.0843 e. The number of hydrogen-bond donors (Lipinski definition) is 0. The van der Waals surface area contributed by atoms with Gasteiger partial charge in [-0.15, -0.1) is 0 Å². The molecule has 0 heterocycles. The SMILES string of the molecule is Clc1ccc(/C=C2\C=Cc3ccccc32)cc1. The van der Waals surface area contributed by atoms with E-state index in [1.54, 1.807) is 0 Å². The van der Waals surface area contributed by atoms with Crippen molar-refractivity contribution in [2.24, 2.45) is 0 Å². The van der Waals surface area contributed by atoms with Crippen molar-refractivity contribution in [3.8, 4) is 0 Å². The molecule has 0 nitrogen and oxygen atoms in total. The van der Waals surface area contributed by atoms with E-state index in [1.807, 2.05) is 24.3 Å². The van der Waals surface area contributed by atoms with Gasteiger partial charge >= 0.3 is 0 Å². The Morgan fingerprint density at radius 2 is 1.59 bits per heavy atom. The van der Waals surface area contributed by atoms with Crippen LogP contribution in [-0.2, 0) is 0 Å². The van der Waals surface area contributed by atoms with E-state index in [0.29, 0.717) is 0 Å². The molecule has 0 saturated carbocycles. The van der Waals surface area contributed by atoms with Gasteiger partial charge in [-0.05, 0) is 40.5 Å². The normalized spacial score (nSPS) is 15.2. The third-order valence-electron chi connectivity index (χ3n) is 2.91. The average molecular weight is 239 g/mol. The number of fused-ring (bicyclic) bond motifs is 1. The van der Waals surface area contributed by atoms with Gasteiger partial charge in [-0.25, -0.2) is 0 Å². The Labute approximate surface area is 106 Å². The minimum atomic E-state index is 0.773. The van der Waals surface area contributed by atoms with Crippen molar-refractivity contribution in [1.29, 1.82) is 0 Å². The first-order valence-corrected chi connectivity index (χ1v) is 5.95. The van der Waals surface area contributed by atoms with Crippen molar-refractivity contribution in [2.75, 3.05) is 0 Å². The summed E-state index contributed by atoms with van der Waals surface area (Å²) < 4.78 is 0. The molecule has 0 spiro atoms. The van der Waals surface area contributed by atoms with Crippen LogP contribution in [0.2, 0.25) is 5.02 Å². The van der Waals surface area contributed by atoms with Crippen molar-refractivity contribution in [1.82, 2.24) is 0 Å². The molecular formula is C16H11Cl. The van der Waals surface area contributed by atoms with E-state index in [0.717, 1.165) is 5.02 Å². The Hall–Kier alpha value is -1.79. The predicted molar refractivity (Wildman–Crippen MR) is 74.8 cm³/mol. The molecule has 1 aliphatic carbocycles. The van der Waals surface area contributed by atoms with Crippen molar-refractivity contribution in [3.63, 3.8) is 0 Å². The lowest BCUT2D eigenvalue weighted by Gasteiger charge is -2.01. The molecule has 2 aromatic rings. The quantitative estimate of drug-likeness (QED) is 0.662. The maximum Gasteiger partial charge on any atom is 0.0406 e. The summed E-state index contributed by atoms with van der Waals surface area (Å²) in [6.07, 6.45) is 6.48. The molecule has 0 N–H and O–H groups in total. The van der Waals surface area contributed by atoms with E-state index in [-0.39, 0.29) is 0 Å². The maximum atomic E-state index is 5.87. The Morgan fingerprint density at radius 3 is 2.41 bits per heavy atom. The molecule has 0 fully saturated rings. The third kappa shape index (κ3) is 2.04. The molecule has 0 bridgehead atoms. The minimum absolute atomic E-state index is 0.773. The smallest absolute Gasteiger partial charge is 0.0406 e. The molecule has 3 rings (SSSR count). The monoisotopic (exact) mass is 238 g/mol. The van der Waals surface area contributed by atoms with Crippen LogP contribution in [0.4, 0.5) is 0 Å². The van der Waals surface area contributed by atoms with Crippen LogP contribution in [0, 0.1) is 0 Å². The first kappa shape index (κ1) is 10.4. The Morgan fingerprint density at radius 1 is 0.824 bits per heavy atom. The highest BCUT2D eigenvalue weighted by Crippen LogP contribution is 2.30. The molecule has 0 unspecified atom stereocenters. The van der Waals surface area contributed by atoms with E-state index in [2.05, 4.69) is 42.5 Å². The summed E-state index contributed by atoms with van der Waals surface area (Å²) in [5.41, 5.74) is 5.00. The van der Waals surface area contributed by atoms with Crippen LogP contribution in [0.25, 0.3) is 17.7 Å². The van der Waals surface area contributed by atoms with Gasteiger partial charge in [0.25, 0.3) is 0 Å². The van der Waals surface area contributed by atoms with Crippen LogP contribution in [0.5, 0.6) is 0 Å². The number of allylic oxidation sites excluding steroid dienone is 2. The van der Waals surface area contributed by atoms with Crippen molar-refractivity contribution in [3.05, 3.63) is 76.3 Å². The Kier molecular flexibility index (Phi) is 2.58. The molecule has 82 valence electrons. The number of halogens is 1.